The molecule has 192 valence electrons. The molecule has 0 fully saturated rings. The Labute approximate surface area is 246 Å². The third kappa shape index (κ3) is 6.85. The van der Waals surface area contributed by atoms with Gasteiger partial charge in [-0.1, -0.05) is 41.9 Å². The Morgan fingerprint density at radius 3 is 2.51 bits per heavy atom. The molecule has 9 nitrogen and oxygen atoms in total. The fraction of sp³-hybridized carbons (Fsp3) is 0.250. The van der Waals surface area contributed by atoms with Gasteiger partial charge < -0.3 is 15.2 Å². The van der Waals surface area contributed by atoms with E-state index in [4.69, 9.17) is 16.3 Å². The zero-order valence-electron chi connectivity index (χ0n) is 19.8. The predicted octanol–water partition coefficient (Wildman–Crippen LogP) is 3.35. The number of anilines is 1. The zero-order valence-corrected chi connectivity index (χ0v) is 22.2. The molecule has 0 bridgehead atoms. The number of nitrogens with one attached hydrogen (secondary N) is 2. The van der Waals surface area contributed by atoms with E-state index < -0.39 is 21.5 Å². The molecule has 4 rings (SSSR count). The summed E-state index contributed by atoms with van der Waals surface area (Å²) in [5, 5.41) is 17.6. The van der Waals surface area contributed by atoms with Crippen LogP contribution in [0.25, 0.3) is 10.9 Å². The van der Waals surface area contributed by atoms with Crippen LogP contribution in [0.3, 0.4) is 0 Å². The van der Waals surface area contributed by atoms with Crippen LogP contribution in [0.2, 0.25) is 4.34 Å². The second-order valence-electron chi connectivity index (χ2n) is 8.59. The molecule has 0 atom stereocenters. The SMILES string of the molecule is COc1cccc2c1c(NS(=O)(=O)c1ccc(Cl)s1)nn2Cc1cccc(CNC(=O)C(C)(C)O)c1.[NaH]. The standard InChI is InChI=1S/C24H25ClN4O5S2.Na.H/c1-24(2,31)23(30)26-13-15-6-4-7-16(12-15)14-29-17-8-5-9-18(34-3)21(17)22(27-29)28-36(32,33)20-11-10-19(25)35-20;;/h4-12,31H,13-14H2,1-3H3,(H,26,30)(H,27,28);;. The van der Waals surface area contributed by atoms with Crippen LogP contribution in [-0.2, 0) is 27.9 Å². The Morgan fingerprint density at radius 2 is 1.86 bits per heavy atom. The van der Waals surface area contributed by atoms with Crippen LogP contribution in [0.4, 0.5) is 5.82 Å². The van der Waals surface area contributed by atoms with Crippen molar-refractivity contribution in [2.24, 2.45) is 0 Å². The van der Waals surface area contributed by atoms with Crippen molar-refractivity contribution in [3.8, 4) is 5.75 Å². The maximum atomic E-state index is 13.0. The van der Waals surface area contributed by atoms with Crippen molar-refractivity contribution in [2.45, 2.75) is 36.7 Å². The van der Waals surface area contributed by atoms with Gasteiger partial charge in [-0.25, -0.2) is 8.42 Å². The summed E-state index contributed by atoms with van der Waals surface area (Å²) in [6.07, 6.45) is 0. The average molecular weight is 573 g/mol. The molecule has 0 aliphatic rings. The second kappa shape index (κ2) is 11.7. The number of aliphatic hydroxyl groups is 1. The van der Waals surface area contributed by atoms with E-state index in [-0.39, 0.29) is 46.1 Å². The number of carbonyl (C=O) groups is 1. The monoisotopic (exact) mass is 572 g/mol. The van der Waals surface area contributed by atoms with E-state index in [1.165, 1.54) is 33.1 Å². The van der Waals surface area contributed by atoms with E-state index in [1.807, 2.05) is 30.3 Å². The van der Waals surface area contributed by atoms with Gasteiger partial charge in [-0.05, 0) is 49.2 Å². The van der Waals surface area contributed by atoms with Crippen LogP contribution in [-0.4, -0.2) is 71.5 Å². The van der Waals surface area contributed by atoms with E-state index in [2.05, 4.69) is 15.1 Å². The van der Waals surface area contributed by atoms with Crippen molar-refractivity contribution in [1.82, 2.24) is 15.1 Å². The molecule has 0 radical (unpaired) electrons. The molecule has 0 spiro atoms. The number of fused-ring (bicyclic) bond motifs is 1. The van der Waals surface area contributed by atoms with Crippen LogP contribution >= 0.6 is 22.9 Å². The number of nitrogens with zero attached hydrogens (tertiary/aromatic N) is 2. The number of ether oxygens (including phenoxy) is 1. The van der Waals surface area contributed by atoms with E-state index in [0.29, 0.717) is 27.5 Å². The molecule has 0 aliphatic carbocycles. The average Bonchev–Trinajstić information content (AvgIpc) is 3.41. The second-order valence-corrected chi connectivity index (χ2v) is 12.2. The number of amides is 1. The molecule has 0 saturated heterocycles. The first kappa shape index (κ1) is 29.4. The maximum absolute atomic E-state index is 13.0. The number of carbonyl (C=O) groups excluding carboxylic acids is 1. The summed E-state index contributed by atoms with van der Waals surface area (Å²) in [7, 11) is -2.40. The molecule has 13 heteroatoms. The predicted molar refractivity (Wildman–Crippen MR) is 147 cm³/mol. The number of hydrogen-bond acceptors (Lipinski definition) is 7. The van der Waals surface area contributed by atoms with Crippen LogP contribution in [0.1, 0.15) is 25.0 Å². The fourth-order valence-electron chi connectivity index (χ4n) is 3.59. The molecule has 2 heterocycles. The molecule has 37 heavy (non-hydrogen) atoms. The molecule has 4 aromatic rings. The van der Waals surface area contributed by atoms with Crippen LogP contribution in [0.15, 0.2) is 58.8 Å². The Balaban J connectivity index is 0.00000380. The normalized spacial score (nSPS) is 11.7. The van der Waals surface area contributed by atoms with E-state index in [9.17, 15) is 18.3 Å². The number of thiophene rings is 1. The Hall–Kier alpha value is -2.12. The third-order valence-electron chi connectivity index (χ3n) is 5.34. The minimum atomic E-state index is -3.91. The summed E-state index contributed by atoms with van der Waals surface area (Å²) in [6, 6.07) is 15.9. The van der Waals surface area contributed by atoms with Crippen LogP contribution < -0.4 is 14.8 Å². The molecule has 0 saturated carbocycles. The topological polar surface area (TPSA) is 123 Å². The van der Waals surface area contributed by atoms with Gasteiger partial charge in [0.1, 0.15) is 15.6 Å². The Morgan fingerprint density at radius 1 is 1.16 bits per heavy atom. The molecule has 2 aromatic heterocycles. The number of methoxy groups -OCH3 is 1. The van der Waals surface area contributed by atoms with E-state index in [1.54, 1.807) is 16.8 Å². The third-order valence-corrected chi connectivity index (χ3v) is 8.40. The van der Waals surface area contributed by atoms with Gasteiger partial charge in [0.2, 0.25) is 0 Å². The number of sulfonamides is 1. The Bertz CT molecular complexity index is 1530. The number of halogens is 1. The van der Waals surface area contributed by atoms with E-state index in [0.717, 1.165) is 22.5 Å². The van der Waals surface area contributed by atoms with Gasteiger partial charge >= 0.3 is 29.6 Å². The van der Waals surface area contributed by atoms with Gasteiger partial charge in [-0.15, -0.1) is 11.3 Å². The van der Waals surface area contributed by atoms with Gasteiger partial charge in [0.15, 0.2) is 5.82 Å². The molecule has 1 amide bonds. The molecular formula is C24H26ClN4NaO5S2. The van der Waals surface area contributed by atoms with Crippen LogP contribution in [0, 0.1) is 0 Å². The van der Waals surface area contributed by atoms with Crippen molar-refractivity contribution >= 4 is 85.1 Å². The van der Waals surface area contributed by atoms with Gasteiger partial charge in [0.05, 0.1) is 28.9 Å². The Kier molecular flexibility index (Phi) is 9.33. The van der Waals surface area contributed by atoms with Crippen molar-refractivity contribution in [2.75, 3.05) is 11.8 Å². The molecule has 2 aromatic carbocycles. The number of aromatic nitrogens is 2. The van der Waals surface area contributed by atoms with Gasteiger partial charge in [0, 0.05) is 6.54 Å². The summed E-state index contributed by atoms with van der Waals surface area (Å²) in [5.74, 6) is 0.145. The summed E-state index contributed by atoms with van der Waals surface area (Å²) >= 11 is 6.88. The minimum absolute atomic E-state index is 0. The van der Waals surface area contributed by atoms with Crippen LogP contribution in [0.5, 0.6) is 5.75 Å². The first-order chi connectivity index (χ1) is 17.0. The summed E-state index contributed by atoms with van der Waals surface area (Å²) in [5.41, 5.74) is 0.936. The van der Waals surface area contributed by atoms with Crippen molar-refractivity contribution in [3.63, 3.8) is 0 Å². The van der Waals surface area contributed by atoms with E-state index >= 15 is 0 Å². The van der Waals surface area contributed by atoms with Gasteiger partial charge in [0.25, 0.3) is 15.9 Å². The molecular weight excluding hydrogens is 547 g/mol. The first-order valence-corrected chi connectivity index (χ1v) is 13.6. The molecule has 0 aliphatic heterocycles. The van der Waals surface area contributed by atoms with Crippen molar-refractivity contribution in [1.29, 1.82) is 0 Å². The quantitative estimate of drug-likeness (QED) is 0.264. The number of hydrogen-bond donors (Lipinski definition) is 3. The van der Waals surface area contributed by atoms with Crippen molar-refractivity contribution < 1.29 is 23.1 Å². The van der Waals surface area contributed by atoms with Gasteiger partial charge in [-0.2, -0.15) is 5.10 Å². The fourth-order valence-corrected chi connectivity index (χ4v) is 6.08. The van der Waals surface area contributed by atoms with Gasteiger partial charge in [-0.3, -0.25) is 14.2 Å². The zero-order chi connectivity index (χ0) is 26.1. The molecule has 3 N–H and O–H groups in total. The number of benzene rings is 2. The van der Waals surface area contributed by atoms with Crippen molar-refractivity contribution in [3.05, 3.63) is 70.1 Å². The molecule has 0 unspecified atom stereocenters. The summed E-state index contributed by atoms with van der Waals surface area (Å²) in [6.45, 7) is 3.44. The summed E-state index contributed by atoms with van der Waals surface area (Å²) < 4.78 is 36.1. The summed E-state index contributed by atoms with van der Waals surface area (Å²) in [4.78, 5) is 12.0. The first-order valence-electron chi connectivity index (χ1n) is 10.9. The number of rotatable bonds is 9.